The number of anilines is 1. The summed E-state index contributed by atoms with van der Waals surface area (Å²) < 4.78 is 4.01. The van der Waals surface area contributed by atoms with E-state index in [1.807, 2.05) is 18.7 Å². The lowest BCUT2D eigenvalue weighted by atomic mass is 10.0. The minimum absolute atomic E-state index is 0.623. The Morgan fingerprint density at radius 3 is 2.79 bits per heavy atom. The maximum Gasteiger partial charge on any atom is 0.202 e. The van der Waals surface area contributed by atoms with Gasteiger partial charge in [0.05, 0.1) is 5.69 Å². The van der Waals surface area contributed by atoms with Crippen LogP contribution in [0.25, 0.3) is 11.2 Å². The molecule has 2 aromatic rings. The van der Waals surface area contributed by atoms with Gasteiger partial charge < -0.3 is 5.73 Å². The van der Waals surface area contributed by atoms with Gasteiger partial charge in [-0.3, -0.25) is 9.25 Å². The molecule has 0 spiro atoms. The van der Waals surface area contributed by atoms with Crippen molar-refractivity contribution in [2.45, 2.75) is 52.0 Å². The van der Waals surface area contributed by atoms with E-state index in [0.29, 0.717) is 5.95 Å². The molecule has 0 atom stereocenters. The molecule has 2 heterocycles. The molecule has 3 rings (SSSR count). The van der Waals surface area contributed by atoms with E-state index in [9.17, 15) is 0 Å². The fourth-order valence-electron chi connectivity index (χ4n) is 3.41. The van der Waals surface area contributed by atoms with Gasteiger partial charge in [0, 0.05) is 13.6 Å². The van der Waals surface area contributed by atoms with Gasteiger partial charge in [0.15, 0.2) is 5.65 Å². The van der Waals surface area contributed by atoms with Gasteiger partial charge in [0.25, 0.3) is 0 Å². The molecule has 1 aliphatic rings. The zero-order valence-corrected chi connectivity index (χ0v) is 11.9. The summed E-state index contributed by atoms with van der Waals surface area (Å²) in [5.74, 6) is 1.56. The van der Waals surface area contributed by atoms with E-state index in [2.05, 4.69) is 14.6 Å². The first-order valence-corrected chi connectivity index (χ1v) is 7.32. The second-order valence-corrected chi connectivity index (χ2v) is 5.80. The Morgan fingerprint density at radius 2 is 2.05 bits per heavy atom. The molecule has 0 aromatic carbocycles. The molecular formula is C14H23N5. The molecule has 1 saturated carbocycles. The van der Waals surface area contributed by atoms with Crippen molar-refractivity contribution in [1.29, 1.82) is 0 Å². The number of nitrogen functional groups attached to an aromatic ring is 1. The third kappa shape index (κ3) is 2.22. The first-order chi connectivity index (χ1) is 9.16. The highest BCUT2D eigenvalue weighted by Crippen LogP contribution is 2.29. The molecule has 1 aliphatic carbocycles. The average molecular weight is 261 g/mol. The normalized spacial score (nSPS) is 16.7. The minimum Gasteiger partial charge on any atom is -0.369 e. The van der Waals surface area contributed by atoms with E-state index in [-0.39, 0.29) is 0 Å². The maximum atomic E-state index is 6.04. The third-order valence-corrected chi connectivity index (χ3v) is 4.39. The summed E-state index contributed by atoms with van der Waals surface area (Å²) in [6.07, 6.45) is 8.17. The number of nitrogens with two attached hydrogens (primary N) is 1. The summed E-state index contributed by atoms with van der Waals surface area (Å²) in [7, 11) is 1.96. The number of aromatic nitrogens is 4. The molecule has 104 valence electrons. The monoisotopic (exact) mass is 261 g/mol. The summed E-state index contributed by atoms with van der Waals surface area (Å²) in [5, 5.41) is 4.42. The molecule has 1 fully saturated rings. The number of fused-ring (bicyclic) bond motifs is 1. The SMILES string of the molecule is Cc1nn(C)c2c1nc(N)n2CCCC1CCCC1. The third-order valence-electron chi connectivity index (χ3n) is 4.39. The molecule has 5 nitrogen and oxygen atoms in total. The number of hydrogen-bond donors (Lipinski definition) is 1. The van der Waals surface area contributed by atoms with Crippen LogP contribution in [-0.2, 0) is 13.6 Å². The van der Waals surface area contributed by atoms with E-state index in [1.165, 1.54) is 38.5 Å². The Kier molecular flexibility index (Phi) is 3.21. The fraction of sp³-hybridized carbons (Fsp3) is 0.714. The van der Waals surface area contributed by atoms with E-state index in [0.717, 1.165) is 29.3 Å². The van der Waals surface area contributed by atoms with E-state index >= 15 is 0 Å². The quantitative estimate of drug-likeness (QED) is 0.920. The predicted molar refractivity (Wildman–Crippen MR) is 76.8 cm³/mol. The lowest BCUT2D eigenvalue weighted by Gasteiger charge is -2.10. The highest BCUT2D eigenvalue weighted by molar-refractivity contribution is 5.77. The summed E-state index contributed by atoms with van der Waals surface area (Å²) in [5.41, 5.74) is 9.00. The van der Waals surface area contributed by atoms with Gasteiger partial charge in [-0.05, 0) is 25.7 Å². The number of aryl methyl sites for hydroxylation is 3. The summed E-state index contributed by atoms with van der Waals surface area (Å²) in [6.45, 7) is 2.94. The standard InChI is InChI=1S/C14H23N5/c1-10-12-13(18(2)17-10)19(14(15)16-12)9-5-8-11-6-3-4-7-11/h11H,3-9H2,1-2H3,(H2,15,16). The molecule has 2 N–H and O–H groups in total. The molecule has 5 heteroatoms. The highest BCUT2D eigenvalue weighted by atomic mass is 15.3. The molecule has 0 saturated heterocycles. The molecule has 0 aliphatic heterocycles. The predicted octanol–water partition coefficient (Wildman–Crippen LogP) is 2.63. The van der Waals surface area contributed by atoms with E-state index in [1.54, 1.807) is 0 Å². The van der Waals surface area contributed by atoms with Crippen LogP contribution in [0.2, 0.25) is 0 Å². The molecule has 19 heavy (non-hydrogen) atoms. The Morgan fingerprint density at radius 1 is 1.32 bits per heavy atom. The van der Waals surface area contributed by atoms with Crippen LogP contribution in [0.3, 0.4) is 0 Å². The van der Waals surface area contributed by atoms with Crippen molar-refractivity contribution in [3.05, 3.63) is 5.69 Å². The molecule has 0 bridgehead atoms. The second kappa shape index (κ2) is 4.87. The van der Waals surface area contributed by atoms with Crippen LogP contribution in [-0.4, -0.2) is 19.3 Å². The fourth-order valence-corrected chi connectivity index (χ4v) is 3.41. The minimum atomic E-state index is 0.623. The highest BCUT2D eigenvalue weighted by Gasteiger charge is 2.17. The van der Waals surface area contributed by atoms with Crippen LogP contribution in [0.1, 0.15) is 44.2 Å². The Labute approximate surface area is 113 Å². The number of nitrogens with zero attached hydrogens (tertiary/aromatic N) is 4. The molecule has 0 radical (unpaired) electrons. The zero-order chi connectivity index (χ0) is 13.4. The zero-order valence-electron chi connectivity index (χ0n) is 11.9. The van der Waals surface area contributed by atoms with Crippen LogP contribution in [0, 0.1) is 12.8 Å². The second-order valence-electron chi connectivity index (χ2n) is 5.80. The molecule has 0 amide bonds. The Hall–Kier alpha value is -1.52. The van der Waals surface area contributed by atoms with Crippen molar-refractivity contribution in [3.63, 3.8) is 0 Å². The van der Waals surface area contributed by atoms with Crippen molar-refractivity contribution >= 4 is 17.1 Å². The molecule has 2 aromatic heterocycles. The first-order valence-electron chi connectivity index (χ1n) is 7.32. The van der Waals surface area contributed by atoms with Crippen molar-refractivity contribution in [2.24, 2.45) is 13.0 Å². The lowest BCUT2D eigenvalue weighted by Crippen LogP contribution is -2.08. The maximum absolute atomic E-state index is 6.04. The summed E-state index contributed by atoms with van der Waals surface area (Å²) in [4.78, 5) is 4.44. The number of hydrogen-bond acceptors (Lipinski definition) is 3. The first kappa shape index (κ1) is 12.5. The van der Waals surface area contributed by atoms with Crippen LogP contribution in [0.4, 0.5) is 5.95 Å². The van der Waals surface area contributed by atoms with Crippen LogP contribution in [0.15, 0.2) is 0 Å². The number of imidazole rings is 1. The van der Waals surface area contributed by atoms with Crippen LogP contribution in [0.5, 0.6) is 0 Å². The van der Waals surface area contributed by atoms with Gasteiger partial charge in [0.2, 0.25) is 5.95 Å². The van der Waals surface area contributed by atoms with Crippen molar-refractivity contribution in [3.8, 4) is 0 Å². The largest absolute Gasteiger partial charge is 0.369 e. The van der Waals surface area contributed by atoms with Crippen LogP contribution < -0.4 is 5.73 Å². The van der Waals surface area contributed by atoms with E-state index < -0.39 is 0 Å². The topological polar surface area (TPSA) is 61.7 Å². The lowest BCUT2D eigenvalue weighted by molar-refractivity contribution is 0.461. The van der Waals surface area contributed by atoms with Gasteiger partial charge >= 0.3 is 0 Å². The van der Waals surface area contributed by atoms with Crippen LogP contribution >= 0.6 is 0 Å². The van der Waals surface area contributed by atoms with Crippen molar-refractivity contribution in [1.82, 2.24) is 19.3 Å². The van der Waals surface area contributed by atoms with E-state index in [4.69, 9.17) is 5.73 Å². The Balaban J connectivity index is 1.74. The van der Waals surface area contributed by atoms with Gasteiger partial charge in [-0.15, -0.1) is 0 Å². The van der Waals surface area contributed by atoms with Crippen molar-refractivity contribution < 1.29 is 0 Å². The van der Waals surface area contributed by atoms with Gasteiger partial charge in [0.1, 0.15) is 5.52 Å². The summed E-state index contributed by atoms with van der Waals surface area (Å²) in [6, 6.07) is 0. The average Bonchev–Trinajstić information content (AvgIpc) is 3.03. The Bertz CT molecular complexity index is 574. The van der Waals surface area contributed by atoms with Crippen molar-refractivity contribution in [2.75, 3.05) is 5.73 Å². The summed E-state index contributed by atoms with van der Waals surface area (Å²) >= 11 is 0. The molecule has 0 unspecified atom stereocenters. The number of rotatable bonds is 4. The van der Waals surface area contributed by atoms with Gasteiger partial charge in [-0.2, -0.15) is 5.10 Å². The van der Waals surface area contributed by atoms with Gasteiger partial charge in [-0.1, -0.05) is 25.7 Å². The van der Waals surface area contributed by atoms with Gasteiger partial charge in [-0.25, -0.2) is 4.98 Å². The smallest absolute Gasteiger partial charge is 0.202 e. The molecular weight excluding hydrogens is 238 g/mol.